The Labute approximate surface area is 173 Å². The number of nitrogens with one attached hydrogen (secondary N) is 1. The van der Waals surface area contributed by atoms with E-state index >= 15 is 0 Å². The number of carbonyl (C=O) groups is 2. The molecule has 1 aliphatic heterocycles. The van der Waals surface area contributed by atoms with Crippen LogP contribution in [-0.4, -0.2) is 23.3 Å². The number of rotatable bonds is 6. The van der Waals surface area contributed by atoms with E-state index in [4.69, 9.17) is 4.74 Å². The fourth-order valence-corrected chi connectivity index (χ4v) is 3.93. The third kappa shape index (κ3) is 3.52. The lowest BCUT2D eigenvalue weighted by molar-refractivity contribution is -0.383. The number of fused-ring (bicyclic) bond motifs is 1. The maximum absolute atomic E-state index is 12.8. The van der Waals surface area contributed by atoms with Crippen molar-refractivity contribution in [2.75, 3.05) is 16.8 Å². The average Bonchev–Trinajstić information content (AvgIpc) is 3.00. The van der Waals surface area contributed by atoms with E-state index in [-0.39, 0.29) is 40.7 Å². The van der Waals surface area contributed by atoms with Crippen molar-refractivity contribution in [3.63, 3.8) is 0 Å². The molecule has 4 rings (SSSR count). The minimum atomic E-state index is -0.528. The van der Waals surface area contributed by atoms with Crippen molar-refractivity contribution in [1.82, 2.24) is 0 Å². The van der Waals surface area contributed by atoms with Gasteiger partial charge in [-0.15, -0.1) is 0 Å². The van der Waals surface area contributed by atoms with Gasteiger partial charge in [0.15, 0.2) is 0 Å². The first-order chi connectivity index (χ1) is 14.5. The van der Waals surface area contributed by atoms with E-state index in [2.05, 4.69) is 5.32 Å². The van der Waals surface area contributed by atoms with Crippen LogP contribution < -0.4 is 15.0 Å². The molecule has 8 nitrogen and oxygen atoms in total. The highest BCUT2D eigenvalue weighted by atomic mass is 16.6. The van der Waals surface area contributed by atoms with Gasteiger partial charge in [0, 0.05) is 11.8 Å². The van der Waals surface area contributed by atoms with Crippen molar-refractivity contribution in [1.29, 1.82) is 0 Å². The molecular weight excluding hydrogens is 386 g/mol. The molecule has 0 aromatic heterocycles. The molecule has 1 N–H and O–H groups in total. The van der Waals surface area contributed by atoms with Gasteiger partial charge in [0.25, 0.3) is 5.69 Å². The van der Waals surface area contributed by atoms with Crippen molar-refractivity contribution in [2.45, 2.75) is 19.8 Å². The van der Waals surface area contributed by atoms with Gasteiger partial charge in [0.1, 0.15) is 11.4 Å². The van der Waals surface area contributed by atoms with Crippen LogP contribution >= 0.6 is 0 Å². The number of imide groups is 1. The highest BCUT2D eigenvalue weighted by molar-refractivity contribution is 6.22. The Hall–Kier alpha value is -3.68. The van der Waals surface area contributed by atoms with Gasteiger partial charge in [0.2, 0.25) is 11.8 Å². The number of hydrogen-bond donors (Lipinski definition) is 1. The summed E-state index contributed by atoms with van der Waals surface area (Å²) in [4.78, 5) is 37.8. The van der Waals surface area contributed by atoms with E-state index in [0.717, 1.165) is 4.90 Å². The van der Waals surface area contributed by atoms with E-state index < -0.39 is 4.92 Å². The van der Waals surface area contributed by atoms with E-state index in [1.807, 2.05) is 19.1 Å². The van der Waals surface area contributed by atoms with Crippen LogP contribution in [0.1, 0.15) is 19.8 Å². The zero-order valence-corrected chi connectivity index (χ0v) is 16.4. The summed E-state index contributed by atoms with van der Waals surface area (Å²) in [7, 11) is 0. The van der Waals surface area contributed by atoms with Gasteiger partial charge < -0.3 is 10.1 Å². The van der Waals surface area contributed by atoms with Crippen molar-refractivity contribution < 1.29 is 19.2 Å². The van der Waals surface area contributed by atoms with Gasteiger partial charge in [-0.3, -0.25) is 19.7 Å². The highest BCUT2D eigenvalue weighted by Gasteiger charge is 2.48. The lowest BCUT2D eigenvalue weighted by Crippen LogP contribution is -2.30. The molecule has 1 saturated heterocycles. The van der Waals surface area contributed by atoms with E-state index in [1.54, 1.807) is 30.3 Å². The Kier molecular flexibility index (Phi) is 5.22. The summed E-state index contributed by atoms with van der Waals surface area (Å²) >= 11 is 0. The highest BCUT2D eigenvalue weighted by Crippen LogP contribution is 2.40. The number of hydrogen-bond acceptors (Lipinski definition) is 6. The fourth-order valence-electron chi connectivity index (χ4n) is 3.93. The second kappa shape index (κ2) is 7.98. The predicted molar refractivity (Wildman–Crippen MR) is 112 cm³/mol. The summed E-state index contributed by atoms with van der Waals surface area (Å²) in [5.74, 6) is -0.659. The van der Waals surface area contributed by atoms with Crippen LogP contribution in [0.15, 0.2) is 54.6 Å². The molecule has 2 unspecified atom stereocenters. The zero-order valence-electron chi connectivity index (χ0n) is 16.4. The van der Waals surface area contributed by atoms with Crippen LogP contribution in [0.3, 0.4) is 0 Å². The summed E-state index contributed by atoms with van der Waals surface area (Å²) < 4.78 is 5.40. The molecule has 2 amide bonds. The Morgan fingerprint density at radius 1 is 1.07 bits per heavy atom. The maximum atomic E-state index is 12.8. The maximum Gasteiger partial charge on any atom is 0.294 e. The monoisotopic (exact) mass is 407 g/mol. The Morgan fingerprint density at radius 2 is 1.70 bits per heavy atom. The van der Waals surface area contributed by atoms with Gasteiger partial charge in [-0.2, -0.15) is 0 Å². The van der Waals surface area contributed by atoms with Crippen molar-refractivity contribution in [3.8, 4) is 5.75 Å². The van der Waals surface area contributed by atoms with Crippen molar-refractivity contribution in [3.05, 3.63) is 64.7 Å². The number of amides is 2. The Balaban J connectivity index is 1.62. The molecule has 0 saturated carbocycles. The molecule has 2 aromatic rings. The first-order valence-corrected chi connectivity index (χ1v) is 9.80. The molecule has 2 atom stereocenters. The molecule has 1 heterocycles. The molecule has 154 valence electrons. The summed E-state index contributed by atoms with van der Waals surface area (Å²) in [5.41, 5.74) is 0.934. The van der Waals surface area contributed by atoms with Crippen LogP contribution in [0, 0.1) is 22.0 Å². The molecule has 0 radical (unpaired) electrons. The van der Waals surface area contributed by atoms with Gasteiger partial charge >= 0.3 is 0 Å². The number of nitro benzene ring substituents is 1. The second-order valence-electron chi connectivity index (χ2n) is 7.21. The molecule has 0 bridgehead atoms. The lowest BCUT2D eigenvalue weighted by atomic mass is 9.85. The van der Waals surface area contributed by atoms with Gasteiger partial charge in [-0.25, -0.2) is 4.90 Å². The molecule has 2 aliphatic rings. The molecule has 8 heteroatoms. The smallest absolute Gasteiger partial charge is 0.294 e. The number of anilines is 3. The number of carbonyl (C=O) groups excluding carboxylic acids is 2. The number of nitro groups is 1. The Bertz CT molecular complexity index is 1010. The van der Waals surface area contributed by atoms with Crippen LogP contribution in [0.2, 0.25) is 0 Å². The van der Waals surface area contributed by atoms with Gasteiger partial charge in [-0.1, -0.05) is 12.2 Å². The normalized spacial score (nSPS) is 20.2. The standard InChI is InChI=1S/C22H21N3O5/c1-2-30-16-10-7-14(8-11-16)23-19-12-9-15(13-20(19)25(28)29)24-21(26)17-5-3-4-6-18(17)22(24)27/h3-4,7-13,17-18,23H,2,5-6H2,1H3. The molecule has 1 aliphatic carbocycles. The van der Waals surface area contributed by atoms with Crippen molar-refractivity contribution in [2.24, 2.45) is 11.8 Å². The second-order valence-corrected chi connectivity index (χ2v) is 7.21. The lowest BCUT2D eigenvalue weighted by Gasteiger charge is -2.16. The van der Waals surface area contributed by atoms with E-state index in [0.29, 0.717) is 30.9 Å². The first kappa shape index (κ1) is 19.6. The molecule has 0 spiro atoms. The number of benzene rings is 2. The quantitative estimate of drug-likeness (QED) is 0.333. The van der Waals surface area contributed by atoms with E-state index in [1.165, 1.54) is 12.1 Å². The number of ether oxygens (including phenoxy) is 1. The van der Waals surface area contributed by atoms with Crippen LogP contribution in [-0.2, 0) is 9.59 Å². The minimum absolute atomic E-state index is 0.213. The van der Waals surface area contributed by atoms with E-state index in [9.17, 15) is 19.7 Å². The third-order valence-corrected chi connectivity index (χ3v) is 5.39. The summed E-state index contributed by atoms with van der Waals surface area (Å²) in [6, 6.07) is 11.4. The summed E-state index contributed by atoms with van der Waals surface area (Å²) in [5, 5.41) is 14.7. The number of nitrogens with zero attached hydrogens (tertiary/aromatic N) is 2. The summed E-state index contributed by atoms with van der Waals surface area (Å²) in [6.45, 7) is 2.43. The van der Waals surface area contributed by atoms with Gasteiger partial charge in [-0.05, 0) is 56.2 Å². The number of allylic oxidation sites excluding steroid dienone is 2. The molecular formula is C22H21N3O5. The largest absolute Gasteiger partial charge is 0.494 e. The SMILES string of the molecule is CCOc1ccc(Nc2ccc(N3C(=O)C4CC=CCC4C3=O)cc2[N+](=O)[O-])cc1. The minimum Gasteiger partial charge on any atom is -0.494 e. The molecule has 2 aromatic carbocycles. The molecule has 30 heavy (non-hydrogen) atoms. The van der Waals surface area contributed by atoms with Crippen LogP contribution in [0.5, 0.6) is 5.75 Å². The fraction of sp³-hybridized carbons (Fsp3) is 0.273. The topological polar surface area (TPSA) is 102 Å². The third-order valence-electron chi connectivity index (χ3n) is 5.39. The Morgan fingerprint density at radius 3 is 2.27 bits per heavy atom. The van der Waals surface area contributed by atoms with Gasteiger partial charge in [0.05, 0.1) is 29.1 Å². The summed E-state index contributed by atoms with van der Waals surface area (Å²) in [6.07, 6.45) is 4.85. The zero-order chi connectivity index (χ0) is 21.3. The van der Waals surface area contributed by atoms with Crippen LogP contribution in [0.25, 0.3) is 0 Å². The first-order valence-electron chi connectivity index (χ1n) is 9.80. The van der Waals surface area contributed by atoms with Crippen molar-refractivity contribution >= 4 is 34.6 Å². The predicted octanol–water partition coefficient (Wildman–Crippen LogP) is 4.19. The average molecular weight is 407 g/mol. The molecule has 1 fully saturated rings. The van der Waals surface area contributed by atoms with Crippen LogP contribution in [0.4, 0.5) is 22.7 Å².